The van der Waals surface area contributed by atoms with E-state index in [-0.39, 0.29) is 18.4 Å². The quantitative estimate of drug-likeness (QED) is 0.887. The van der Waals surface area contributed by atoms with Gasteiger partial charge in [-0.3, -0.25) is 9.59 Å². The summed E-state index contributed by atoms with van der Waals surface area (Å²) in [7, 11) is 0. The van der Waals surface area contributed by atoms with Crippen LogP contribution < -0.4 is 5.32 Å². The molecular weight excluding hydrogens is 304 g/mol. The summed E-state index contributed by atoms with van der Waals surface area (Å²) in [5.41, 5.74) is 0.505. The minimum absolute atomic E-state index is 0.0242. The Kier molecular flexibility index (Phi) is 5.79. The van der Waals surface area contributed by atoms with Crippen LogP contribution in [-0.4, -0.2) is 23.3 Å². The predicted octanol–water partition coefficient (Wildman–Crippen LogP) is 2.97. The molecule has 0 aliphatic rings. The van der Waals surface area contributed by atoms with Crippen LogP contribution in [0.5, 0.6) is 0 Å². The van der Waals surface area contributed by atoms with Gasteiger partial charge < -0.3 is 14.6 Å². The fraction of sp³-hybridized carbons (Fsp3) is 0.368. The molecule has 1 aromatic carbocycles. The summed E-state index contributed by atoms with van der Waals surface area (Å²) in [4.78, 5) is 26.2. The third kappa shape index (κ3) is 5.26. The molecule has 0 atom stereocenters. The maximum absolute atomic E-state index is 12.6. The maximum Gasteiger partial charge on any atom is 0.242 e. The van der Waals surface area contributed by atoms with E-state index < -0.39 is 5.41 Å². The second-order valence-corrected chi connectivity index (χ2v) is 6.75. The summed E-state index contributed by atoms with van der Waals surface area (Å²) in [6.07, 6.45) is 1.59. The Morgan fingerprint density at radius 1 is 1.04 bits per heavy atom. The van der Waals surface area contributed by atoms with Crippen molar-refractivity contribution in [3.8, 4) is 0 Å². The molecule has 1 heterocycles. The summed E-state index contributed by atoms with van der Waals surface area (Å²) in [5, 5.41) is 2.71. The summed E-state index contributed by atoms with van der Waals surface area (Å²) in [6, 6.07) is 13.4. The summed E-state index contributed by atoms with van der Waals surface area (Å²) >= 11 is 0. The van der Waals surface area contributed by atoms with Crippen molar-refractivity contribution in [1.29, 1.82) is 0 Å². The van der Waals surface area contributed by atoms with Crippen LogP contribution in [0.25, 0.3) is 0 Å². The molecule has 128 valence electrons. The highest BCUT2D eigenvalue weighted by Gasteiger charge is 2.23. The molecule has 2 rings (SSSR count). The summed E-state index contributed by atoms with van der Waals surface area (Å²) < 4.78 is 5.35. The second kappa shape index (κ2) is 7.81. The van der Waals surface area contributed by atoms with E-state index in [0.717, 1.165) is 5.56 Å². The van der Waals surface area contributed by atoms with Crippen LogP contribution in [0.1, 0.15) is 32.1 Å². The molecular formula is C19H24N2O3. The number of nitrogens with zero attached hydrogens (tertiary/aromatic N) is 1. The molecule has 5 nitrogen and oxygen atoms in total. The largest absolute Gasteiger partial charge is 0.467 e. The Morgan fingerprint density at radius 2 is 1.75 bits per heavy atom. The van der Waals surface area contributed by atoms with Gasteiger partial charge >= 0.3 is 0 Å². The molecule has 0 saturated heterocycles. The van der Waals surface area contributed by atoms with Crippen molar-refractivity contribution in [2.75, 3.05) is 6.54 Å². The molecule has 5 heteroatoms. The lowest BCUT2D eigenvalue weighted by atomic mass is 9.96. The van der Waals surface area contributed by atoms with Gasteiger partial charge in [-0.15, -0.1) is 0 Å². The van der Waals surface area contributed by atoms with Gasteiger partial charge in [-0.05, 0) is 17.7 Å². The van der Waals surface area contributed by atoms with E-state index in [1.54, 1.807) is 17.2 Å². The van der Waals surface area contributed by atoms with Gasteiger partial charge in [0.15, 0.2) is 0 Å². The number of nitrogens with one attached hydrogen (secondary N) is 1. The minimum atomic E-state index is -0.522. The molecule has 0 saturated carbocycles. The molecule has 0 fully saturated rings. The number of amides is 2. The van der Waals surface area contributed by atoms with Crippen molar-refractivity contribution < 1.29 is 14.0 Å². The lowest BCUT2D eigenvalue weighted by Crippen LogP contribution is -2.43. The van der Waals surface area contributed by atoms with E-state index in [2.05, 4.69) is 5.32 Å². The number of carbonyl (C=O) groups excluding carboxylic acids is 2. The Hall–Kier alpha value is -2.56. The van der Waals surface area contributed by atoms with Crippen LogP contribution in [0.3, 0.4) is 0 Å². The Labute approximate surface area is 142 Å². The summed E-state index contributed by atoms with van der Waals surface area (Å²) in [5.74, 6) is 0.419. The van der Waals surface area contributed by atoms with Gasteiger partial charge in [0.2, 0.25) is 11.8 Å². The highest BCUT2D eigenvalue weighted by atomic mass is 16.3. The van der Waals surface area contributed by atoms with Gasteiger partial charge in [-0.2, -0.15) is 0 Å². The van der Waals surface area contributed by atoms with Gasteiger partial charge in [-0.1, -0.05) is 51.1 Å². The monoisotopic (exact) mass is 328 g/mol. The van der Waals surface area contributed by atoms with Gasteiger partial charge in [0.25, 0.3) is 0 Å². The molecule has 24 heavy (non-hydrogen) atoms. The van der Waals surface area contributed by atoms with Gasteiger partial charge in [0.1, 0.15) is 5.76 Å². The van der Waals surface area contributed by atoms with E-state index in [1.807, 2.05) is 57.2 Å². The molecule has 0 radical (unpaired) electrons. The lowest BCUT2D eigenvalue weighted by molar-refractivity contribution is -0.136. The number of furan rings is 1. The van der Waals surface area contributed by atoms with E-state index >= 15 is 0 Å². The fourth-order valence-electron chi connectivity index (χ4n) is 2.16. The normalized spacial score (nSPS) is 11.1. The molecule has 1 N–H and O–H groups in total. The first-order valence-electron chi connectivity index (χ1n) is 7.98. The average molecular weight is 328 g/mol. The summed E-state index contributed by atoms with van der Waals surface area (Å²) in [6.45, 7) is 6.26. The van der Waals surface area contributed by atoms with Crippen molar-refractivity contribution in [2.45, 2.75) is 33.9 Å². The molecule has 1 aromatic heterocycles. The molecule has 0 bridgehead atoms. The standard InChI is InChI=1S/C19H24N2O3/c1-19(2,3)18(23)20-12-17(22)21(14-16-10-7-11-24-16)13-15-8-5-4-6-9-15/h4-11H,12-14H2,1-3H3,(H,20,23). The lowest BCUT2D eigenvalue weighted by Gasteiger charge is -2.23. The van der Waals surface area contributed by atoms with Crippen LogP contribution in [0.4, 0.5) is 0 Å². The first-order valence-corrected chi connectivity index (χ1v) is 7.98. The third-order valence-electron chi connectivity index (χ3n) is 3.58. The van der Waals surface area contributed by atoms with Gasteiger partial charge in [-0.25, -0.2) is 0 Å². The van der Waals surface area contributed by atoms with Crippen LogP contribution in [-0.2, 0) is 22.7 Å². The smallest absolute Gasteiger partial charge is 0.242 e. The molecule has 0 spiro atoms. The minimum Gasteiger partial charge on any atom is -0.467 e. The second-order valence-electron chi connectivity index (χ2n) is 6.75. The Morgan fingerprint density at radius 3 is 2.33 bits per heavy atom. The fourth-order valence-corrected chi connectivity index (χ4v) is 2.16. The van der Waals surface area contributed by atoms with Crippen molar-refractivity contribution >= 4 is 11.8 Å². The number of carbonyl (C=O) groups is 2. The van der Waals surface area contributed by atoms with Crippen LogP contribution >= 0.6 is 0 Å². The number of hydrogen-bond acceptors (Lipinski definition) is 3. The van der Waals surface area contributed by atoms with E-state index in [9.17, 15) is 9.59 Å². The SMILES string of the molecule is CC(C)(C)C(=O)NCC(=O)N(Cc1ccccc1)Cc1ccco1. The molecule has 0 unspecified atom stereocenters. The highest BCUT2D eigenvalue weighted by molar-refractivity contribution is 5.87. The van der Waals surface area contributed by atoms with Crippen LogP contribution in [0.15, 0.2) is 53.1 Å². The Bertz CT molecular complexity index is 658. The average Bonchev–Trinajstić information content (AvgIpc) is 3.04. The zero-order valence-electron chi connectivity index (χ0n) is 14.4. The van der Waals surface area contributed by atoms with Crippen molar-refractivity contribution in [3.05, 3.63) is 60.1 Å². The van der Waals surface area contributed by atoms with Gasteiger partial charge in [0, 0.05) is 12.0 Å². The molecule has 2 aromatic rings. The zero-order chi connectivity index (χ0) is 17.6. The molecule has 0 aliphatic carbocycles. The maximum atomic E-state index is 12.6. The third-order valence-corrected chi connectivity index (χ3v) is 3.58. The Balaban J connectivity index is 2.04. The number of rotatable bonds is 6. The van der Waals surface area contributed by atoms with Crippen LogP contribution in [0, 0.1) is 5.41 Å². The number of hydrogen-bond donors (Lipinski definition) is 1. The van der Waals surface area contributed by atoms with Crippen LogP contribution in [0.2, 0.25) is 0 Å². The van der Waals surface area contributed by atoms with E-state index in [1.165, 1.54) is 0 Å². The predicted molar refractivity (Wildman–Crippen MR) is 91.9 cm³/mol. The van der Waals surface area contributed by atoms with Gasteiger partial charge in [0.05, 0.1) is 19.4 Å². The molecule has 2 amide bonds. The van der Waals surface area contributed by atoms with E-state index in [4.69, 9.17) is 4.42 Å². The number of benzene rings is 1. The van der Waals surface area contributed by atoms with Crippen molar-refractivity contribution in [1.82, 2.24) is 10.2 Å². The zero-order valence-corrected chi connectivity index (χ0v) is 14.4. The molecule has 0 aliphatic heterocycles. The first-order chi connectivity index (χ1) is 11.4. The highest BCUT2D eigenvalue weighted by Crippen LogP contribution is 2.13. The topological polar surface area (TPSA) is 62.6 Å². The van der Waals surface area contributed by atoms with E-state index in [0.29, 0.717) is 18.8 Å². The first kappa shape index (κ1) is 17.8. The van der Waals surface area contributed by atoms with Crippen molar-refractivity contribution in [2.24, 2.45) is 5.41 Å². The van der Waals surface area contributed by atoms with Crippen molar-refractivity contribution in [3.63, 3.8) is 0 Å².